The Morgan fingerprint density at radius 3 is 2.88 bits per heavy atom. The highest BCUT2D eigenvalue weighted by atomic mass is 32.2. The van der Waals surface area contributed by atoms with Crippen molar-refractivity contribution in [1.82, 2.24) is 24.7 Å². The number of rotatable bonds is 7. The fraction of sp³-hybridized carbons (Fsp3) is 0.353. The minimum absolute atomic E-state index is 0.249. The molecule has 2 heterocycles. The lowest BCUT2D eigenvalue weighted by atomic mass is 10.2. The molecular weight excluding hydrogens is 325 g/mol. The smallest absolute Gasteiger partial charge is 0.191 e. The molecule has 1 aliphatic carbocycles. The summed E-state index contributed by atoms with van der Waals surface area (Å²) >= 11 is 1.68. The van der Waals surface area contributed by atoms with Crippen molar-refractivity contribution >= 4 is 11.8 Å². The Morgan fingerprint density at radius 1 is 1.25 bits per heavy atom. The minimum Gasteiger partial charge on any atom is -0.349 e. The van der Waals surface area contributed by atoms with Crippen molar-refractivity contribution in [3.05, 3.63) is 48.3 Å². The Bertz CT molecular complexity index is 810. The van der Waals surface area contributed by atoms with Crippen LogP contribution in [0.15, 0.2) is 41.8 Å². The molecule has 1 aliphatic rings. The van der Waals surface area contributed by atoms with Gasteiger partial charge in [0.25, 0.3) is 0 Å². The SMILES string of the molecule is Fc1ccccc1-c1nnc(SCCCc2ncc[nH]2)n1C1CC1. The zero-order valence-corrected chi connectivity index (χ0v) is 14.0. The van der Waals surface area contributed by atoms with Crippen LogP contribution in [0.25, 0.3) is 11.4 Å². The molecule has 3 aromatic rings. The van der Waals surface area contributed by atoms with Crippen LogP contribution in [0.5, 0.6) is 0 Å². The number of thioether (sulfide) groups is 1. The maximum Gasteiger partial charge on any atom is 0.191 e. The number of halogens is 1. The number of hydrogen-bond acceptors (Lipinski definition) is 4. The van der Waals surface area contributed by atoms with E-state index in [4.69, 9.17) is 0 Å². The molecule has 1 aromatic carbocycles. The summed E-state index contributed by atoms with van der Waals surface area (Å²) < 4.78 is 16.2. The van der Waals surface area contributed by atoms with Gasteiger partial charge in [0.1, 0.15) is 11.6 Å². The maximum absolute atomic E-state index is 14.1. The van der Waals surface area contributed by atoms with Gasteiger partial charge in [-0.3, -0.25) is 4.57 Å². The van der Waals surface area contributed by atoms with E-state index in [2.05, 4.69) is 24.7 Å². The second-order valence-corrected chi connectivity index (χ2v) is 6.94. The average Bonchev–Trinajstić information content (AvgIpc) is 3.13. The van der Waals surface area contributed by atoms with E-state index in [-0.39, 0.29) is 5.82 Å². The molecule has 2 aromatic heterocycles. The van der Waals surface area contributed by atoms with Crippen LogP contribution in [-0.4, -0.2) is 30.5 Å². The standard InChI is InChI=1S/C17H18FN5S/c18-14-5-2-1-4-13(14)16-21-22-17(23(16)12-7-8-12)24-11-3-6-15-19-9-10-20-15/h1-2,4-5,9-10,12H,3,6-8,11H2,(H,19,20). The van der Waals surface area contributed by atoms with Crippen molar-refractivity contribution in [3.8, 4) is 11.4 Å². The van der Waals surface area contributed by atoms with Gasteiger partial charge in [0.15, 0.2) is 11.0 Å². The van der Waals surface area contributed by atoms with Gasteiger partial charge in [-0.05, 0) is 31.4 Å². The number of nitrogens with one attached hydrogen (secondary N) is 1. The summed E-state index contributed by atoms with van der Waals surface area (Å²) in [5, 5.41) is 9.47. The summed E-state index contributed by atoms with van der Waals surface area (Å²) in [5.41, 5.74) is 0.527. The number of imidazole rings is 1. The van der Waals surface area contributed by atoms with E-state index in [1.165, 1.54) is 6.07 Å². The van der Waals surface area contributed by atoms with E-state index in [9.17, 15) is 4.39 Å². The highest BCUT2D eigenvalue weighted by Crippen LogP contribution is 2.41. The molecule has 0 aliphatic heterocycles. The Balaban J connectivity index is 1.48. The molecule has 5 nitrogen and oxygen atoms in total. The number of nitrogens with zero attached hydrogens (tertiary/aromatic N) is 4. The van der Waals surface area contributed by atoms with Crippen LogP contribution in [0.1, 0.15) is 31.1 Å². The van der Waals surface area contributed by atoms with Crippen LogP contribution < -0.4 is 0 Å². The van der Waals surface area contributed by atoms with Gasteiger partial charge in [-0.2, -0.15) is 0 Å². The quantitative estimate of drug-likeness (QED) is 0.523. The van der Waals surface area contributed by atoms with Gasteiger partial charge >= 0.3 is 0 Å². The molecule has 0 saturated heterocycles. The van der Waals surface area contributed by atoms with Crippen molar-refractivity contribution in [2.24, 2.45) is 0 Å². The van der Waals surface area contributed by atoms with Gasteiger partial charge in [-0.25, -0.2) is 9.37 Å². The van der Waals surface area contributed by atoms with E-state index >= 15 is 0 Å². The molecule has 124 valence electrons. The predicted molar refractivity (Wildman–Crippen MR) is 91.3 cm³/mol. The Kier molecular flexibility index (Phi) is 4.34. The van der Waals surface area contributed by atoms with Crippen molar-refractivity contribution in [3.63, 3.8) is 0 Å². The number of aromatic amines is 1. The molecule has 1 N–H and O–H groups in total. The summed E-state index contributed by atoms with van der Waals surface area (Å²) in [5.74, 6) is 2.33. The van der Waals surface area contributed by atoms with Crippen LogP contribution in [-0.2, 0) is 6.42 Å². The molecule has 1 fully saturated rings. The topological polar surface area (TPSA) is 59.4 Å². The maximum atomic E-state index is 14.1. The lowest BCUT2D eigenvalue weighted by Gasteiger charge is -2.09. The lowest BCUT2D eigenvalue weighted by molar-refractivity contribution is 0.622. The molecular formula is C17H18FN5S. The lowest BCUT2D eigenvalue weighted by Crippen LogP contribution is -2.01. The highest BCUT2D eigenvalue weighted by Gasteiger charge is 2.30. The van der Waals surface area contributed by atoms with Crippen molar-refractivity contribution < 1.29 is 4.39 Å². The Hall–Kier alpha value is -2.15. The van der Waals surface area contributed by atoms with Crippen LogP contribution in [0.4, 0.5) is 4.39 Å². The molecule has 0 amide bonds. The second-order valence-electron chi connectivity index (χ2n) is 5.88. The summed E-state index contributed by atoms with van der Waals surface area (Å²) in [4.78, 5) is 7.34. The van der Waals surface area contributed by atoms with E-state index in [0.717, 1.165) is 42.4 Å². The van der Waals surface area contributed by atoms with Gasteiger partial charge in [0.2, 0.25) is 0 Å². The minimum atomic E-state index is -0.249. The monoisotopic (exact) mass is 343 g/mol. The third-order valence-electron chi connectivity index (χ3n) is 4.04. The number of aromatic nitrogens is 5. The average molecular weight is 343 g/mol. The van der Waals surface area contributed by atoms with Crippen LogP contribution in [0.2, 0.25) is 0 Å². The van der Waals surface area contributed by atoms with E-state index < -0.39 is 0 Å². The molecule has 24 heavy (non-hydrogen) atoms. The number of benzene rings is 1. The molecule has 7 heteroatoms. The van der Waals surface area contributed by atoms with Crippen molar-refractivity contribution in [2.75, 3.05) is 5.75 Å². The predicted octanol–water partition coefficient (Wildman–Crippen LogP) is 3.87. The largest absolute Gasteiger partial charge is 0.349 e. The molecule has 0 atom stereocenters. The summed E-state index contributed by atoms with van der Waals surface area (Å²) in [7, 11) is 0. The van der Waals surface area contributed by atoms with Crippen molar-refractivity contribution in [2.45, 2.75) is 36.9 Å². The first kappa shape index (κ1) is 15.4. The third kappa shape index (κ3) is 3.21. The zero-order valence-electron chi connectivity index (χ0n) is 13.2. The van der Waals surface area contributed by atoms with Crippen LogP contribution in [0.3, 0.4) is 0 Å². The fourth-order valence-corrected chi connectivity index (χ4v) is 3.65. The normalized spacial score (nSPS) is 14.2. The number of aryl methyl sites for hydroxylation is 1. The summed E-state index contributed by atoms with van der Waals surface area (Å²) in [6, 6.07) is 7.17. The van der Waals surface area contributed by atoms with E-state index in [1.807, 2.05) is 12.3 Å². The molecule has 0 bridgehead atoms. The fourth-order valence-electron chi connectivity index (χ4n) is 2.70. The summed E-state index contributed by atoms with van der Waals surface area (Å²) in [6.45, 7) is 0. The Morgan fingerprint density at radius 2 is 2.12 bits per heavy atom. The molecule has 0 spiro atoms. The molecule has 0 radical (unpaired) electrons. The summed E-state index contributed by atoms with van der Waals surface area (Å²) in [6.07, 6.45) is 7.75. The molecule has 4 rings (SSSR count). The van der Waals surface area contributed by atoms with Gasteiger partial charge in [-0.1, -0.05) is 23.9 Å². The highest BCUT2D eigenvalue weighted by molar-refractivity contribution is 7.99. The molecule has 1 saturated carbocycles. The Labute approximate surface area is 143 Å². The first-order valence-corrected chi connectivity index (χ1v) is 9.12. The number of hydrogen-bond donors (Lipinski definition) is 1. The van der Waals surface area contributed by atoms with Crippen LogP contribution in [0, 0.1) is 5.82 Å². The van der Waals surface area contributed by atoms with E-state index in [0.29, 0.717) is 17.4 Å². The van der Waals surface area contributed by atoms with Gasteiger partial charge in [-0.15, -0.1) is 10.2 Å². The van der Waals surface area contributed by atoms with Gasteiger partial charge in [0.05, 0.1) is 5.56 Å². The molecule has 0 unspecified atom stereocenters. The third-order valence-corrected chi connectivity index (χ3v) is 5.06. The zero-order chi connectivity index (χ0) is 16.4. The number of H-pyrrole nitrogens is 1. The van der Waals surface area contributed by atoms with Gasteiger partial charge < -0.3 is 4.98 Å². The van der Waals surface area contributed by atoms with E-state index in [1.54, 1.807) is 30.1 Å². The first-order chi connectivity index (χ1) is 11.8. The van der Waals surface area contributed by atoms with Crippen molar-refractivity contribution in [1.29, 1.82) is 0 Å². The van der Waals surface area contributed by atoms with Gasteiger partial charge in [0, 0.05) is 30.6 Å². The first-order valence-electron chi connectivity index (χ1n) is 8.14. The second kappa shape index (κ2) is 6.76. The van der Waals surface area contributed by atoms with Crippen LogP contribution >= 0.6 is 11.8 Å².